The van der Waals surface area contributed by atoms with Crippen LogP contribution in [0.4, 0.5) is 11.5 Å². The molecule has 158 valence electrons. The van der Waals surface area contributed by atoms with E-state index in [-0.39, 0.29) is 5.48 Å². The molecule has 0 aliphatic heterocycles. The van der Waals surface area contributed by atoms with Gasteiger partial charge in [0, 0.05) is 27.7 Å². The van der Waals surface area contributed by atoms with Gasteiger partial charge >= 0.3 is 0 Å². The number of halogens is 1. The molecule has 3 aromatic rings. The number of benzene rings is 2. The largest absolute Gasteiger partial charge is 0.493 e. The number of fused-ring (bicyclic) bond motifs is 1. The van der Waals surface area contributed by atoms with Crippen molar-refractivity contribution in [2.75, 3.05) is 19.5 Å². The average molecular weight is 444 g/mol. The highest BCUT2D eigenvalue weighted by atomic mass is 35.5. The highest BCUT2D eigenvalue weighted by Crippen LogP contribution is 2.35. The van der Waals surface area contributed by atoms with Gasteiger partial charge in [0.2, 0.25) is 0 Å². The summed E-state index contributed by atoms with van der Waals surface area (Å²) in [4.78, 5) is 8.78. The van der Waals surface area contributed by atoms with Crippen molar-refractivity contribution in [3.63, 3.8) is 0 Å². The Balaban J connectivity index is 0.00000320. The summed E-state index contributed by atoms with van der Waals surface area (Å²) in [5.74, 6) is 5.16. The van der Waals surface area contributed by atoms with E-state index in [1.807, 2.05) is 31.2 Å². The molecule has 0 aliphatic carbocycles. The molecule has 3 N–H and O–H groups in total. The highest BCUT2D eigenvalue weighted by Gasteiger charge is 2.13. The standard InChI is InChI=1S/C22H24ClN3O2Si.H2O/c1-14-17(23)9-15(7-8-29(4,5)6)10-18(14)26-22-16-11-20(27-2)21(28-3)12-19(16)24-13-25-22;/h9-13H,1-6H3,(H,24,25,26);1H2. The van der Waals surface area contributed by atoms with Crippen molar-refractivity contribution in [3.05, 3.63) is 46.7 Å². The Morgan fingerprint density at radius 1 is 1.00 bits per heavy atom. The molecular formula is C22H26ClN3O3Si. The van der Waals surface area contributed by atoms with Gasteiger partial charge in [-0.3, -0.25) is 0 Å². The first-order valence-corrected chi connectivity index (χ1v) is 13.1. The average Bonchev–Trinajstić information content (AvgIpc) is 2.68. The van der Waals surface area contributed by atoms with Crippen molar-refractivity contribution in [1.29, 1.82) is 0 Å². The van der Waals surface area contributed by atoms with Gasteiger partial charge in [0.15, 0.2) is 11.5 Å². The van der Waals surface area contributed by atoms with Crippen LogP contribution in [0.3, 0.4) is 0 Å². The number of hydrogen-bond donors (Lipinski definition) is 1. The minimum absolute atomic E-state index is 0. The van der Waals surface area contributed by atoms with Crippen molar-refractivity contribution in [1.82, 2.24) is 9.97 Å². The summed E-state index contributed by atoms with van der Waals surface area (Å²) in [5.41, 5.74) is 6.79. The maximum atomic E-state index is 6.47. The molecule has 0 aliphatic rings. The van der Waals surface area contributed by atoms with Crippen LogP contribution in [0.25, 0.3) is 10.9 Å². The van der Waals surface area contributed by atoms with Crippen LogP contribution >= 0.6 is 11.6 Å². The van der Waals surface area contributed by atoms with Crippen LogP contribution < -0.4 is 14.8 Å². The van der Waals surface area contributed by atoms with Crippen molar-refractivity contribution in [2.24, 2.45) is 0 Å². The molecular weight excluding hydrogens is 418 g/mol. The lowest BCUT2D eigenvalue weighted by atomic mass is 10.1. The molecule has 30 heavy (non-hydrogen) atoms. The van der Waals surface area contributed by atoms with Crippen molar-refractivity contribution >= 4 is 42.1 Å². The van der Waals surface area contributed by atoms with Crippen molar-refractivity contribution in [2.45, 2.75) is 26.6 Å². The van der Waals surface area contributed by atoms with Gasteiger partial charge in [0.25, 0.3) is 0 Å². The quantitative estimate of drug-likeness (QED) is 0.464. The Morgan fingerprint density at radius 2 is 1.67 bits per heavy atom. The normalized spacial score (nSPS) is 10.6. The zero-order valence-corrected chi connectivity index (χ0v) is 19.7. The summed E-state index contributed by atoms with van der Waals surface area (Å²) in [6.07, 6.45) is 1.52. The van der Waals surface area contributed by atoms with Crippen molar-refractivity contribution in [3.8, 4) is 23.0 Å². The number of methoxy groups -OCH3 is 2. The first-order valence-electron chi connectivity index (χ1n) is 9.19. The Labute approximate surface area is 182 Å². The summed E-state index contributed by atoms with van der Waals surface area (Å²) in [6.45, 7) is 8.60. The highest BCUT2D eigenvalue weighted by molar-refractivity contribution is 6.83. The molecule has 8 heteroatoms. The minimum atomic E-state index is -1.49. The Kier molecular flexibility index (Phi) is 7.32. The second-order valence-electron chi connectivity index (χ2n) is 7.70. The lowest BCUT2D eigenvalue weighted by Gasteiger charge is -2.14. The third kappa shape index (κ3) is 5.22. The number of ether oxygens (including phenoxy) is 2. The lowest BCUT2D eigenvalue weighted by molar-refractivity contribution is 0.356. The van der Waals surface area contributed by atoms with Gasteiger partial charge < -0.3 is 20.3 Å². The van der Waals surface area contributed by atoms with Crippen LogP contribution in [0, 0.1) is 18.4 Å². The summed E-state index contributed by atoms with van der Waals surface area (Å²) >= 11 is 6.47. The molecule has 0 atom stereocenters. The second kappa shape index (κ2) is 9.35. The molecule has 0 radical (unpaired) electrons. The van der Waals surface area contributed by atoms with Gasteiger partial charge in [0.05, 0.1) is 19.7 Å². The number of anilines is 2. The van der Waals surface area contributed by atoms with Crippen LogP contribution in [0.5, 0.6) is 11.5 Å². The lowest BCUT2D eigenvalue weighted by Crippen LogP contribution is -2.16. The summed E-state index contributed by atoms with van der Waals surface area (Å²) in [5, 5.41) is 4.87. The molecule has 3 rings (SSSR count). The first kappa shape index (κ1) is 23.5. The zero-order valence-electron chi connectivity index (χ0n) is 18.0. The van der Waals surface area contributed by atoms with E-state index in [0.29, 0.717) is 22.3 Å². The van der Waals surface area contributed by atoms with E-state index in [0.717, 1.165) is 27.7 Å². The number of aromatic nitrogens is 2. The van der Waals surface area contributed by atoms with E-state index in [4.69, 9.17) is 21.1 Å². The minimum Gasteiger partial charge on any atom is -0.493 e. The van der Waals surface area contributed by atoms with Crippen molar-refractivity contribution < 1.29 is 14.9 Å². The van der Waals surface area contributed by atoms with Gasteiger partial charge in [-0.15, -0.1) is 5.54 Å². The summed E-state index contributed by atoms with van der Waals surface area (Å²) in [6, 6.07) is 7.60. The molecule has 2 aromatic carbocycles. The number of rotatable bonds is 4. The monoisotopic (exact) mass is 443 g/mol. The van der Waals surface area contributed by atoms with E-state index in [1.54, 1.807) is 14.2 Å². The summed E-state index contributed by atoms with van der Waals surface area (Å²) < 4.78 is 10.8. The molecule has 0 saturated carbocycles. The first-order chi connectivity index (χ1) is 13.7. The van der Waals surface area contributed by atoms with Crippen LogP contribution in [-0.2, 0) is 0 Å². The van der Waals surface area contributed by atoms with E-state index in [1.165, 1.54) is 6.33 Å². The third-order valence-electron chi connectivity index (χ3n) is 4.32. The fourth-order valence-electron chi connectivity index (χ4n) is 2.75. The van der Waals surface area contributed by atoms with Gasteiger partial charge in [0.1, 0.15) is 20.2 Å². The number of nitrogens with zero attached hydrogens (tertiary/aromatic N) is 2. The third-order valence-corrected chi connectivity index (χ3v) is 5.59. The second-order valence-corrected chi connectivity index (χ2v) is 12.9. The van der Waals surface area contributed by atoms with Gasteiger partial charge in [-0.1, -0.05) is 37.2 Å². The molecule has 0 fully saturated rings. The van der Waals surface area contributed by atoms with E-state index >= 15 is 0 Å². The molecule has 6 nitrogen and oxygen atoms in total. The molecule has 0 bridgehead atoms. The predicted molar refractivity (Wildman–Crippen MR) is 126 cm³/mol. The number of hydrogen-bond acceptors (Lipinski definition) is 5. The van der Waals surface area contributed by atoms with Gasteiger partial charge in [-0.2, -0.15) is 0 Å². The smallest absolute Gasteiger partial charge is 0.162 e. The molecule has 0 saturated heterocycles. The van der Waals surface area contributed by atoms with Crippen LogP contribution in [-0.4, -0.2) is 37.7 Å². The number of nitrogens with one attached hydrogen (secondary N) is 1. The maximum absolute atomic E-state index is 6.47. The SMILES string of the molecule is COc1cc2ncnc(Nc3cc(C#C[Si](C)(C)C)cc(Cl)c3C)c2cc1OC.O. The molecule has 1 aromatic heterocycles. The Bertz CT molecular complexity index is 1130. The van der Waals surface area contributed by atoms with Crippen LogP contribution in [0.2, 0.25) is 24.7 Å². The van der Waals surface area contributed by atoms with E-state index < -0.39 is 8.07 Å². The molecule has 0 amide bonds. The Morgan fingerprint density at radius 3 is 2.30 bits per heavy atom. The maximum Gasteiger partial charge on any atom is 0.162 e. The van der Waals surface area contributed by atoms with Gasteiger partial charge in [-0.05, 0) is 30.7 Å². The van der Waals surface area contributed by atoms with Gasteiger partial charge in [-0.25, -0.2) is 9.97 Å². The molecule has 0 unspecified atom stereocenters. The molecule has 1 heterocycles. The predicted octanol–water partition coefficient (Wildman–Crippen LogP) is 4.76. The molecule has 0 spiro atoms. The summed E-state index contributed by atoms with van der Waals surface area (Å²) in [7, 11) is 1.71. The zero-order chi connectivity index (χ0) is 21.2. The Hall–Kier alpha value is -2.79. The van der Waals surface area contributed by atoms with Crippen LogP contribution in [0.15, 0.2) is 30.6 Å². The fraction of sp³-hybridized carbons (Fsp3) is 0.273. The van der Waals surface area contributed by atoms with E-state index in [9.17, 15) is 0 Å². The van der Waals surface area contributed by atoms with E-state index in [2.05, 4.69) is 46.4 Å². The van der Waals surface area contributed by atoms with Crippen LogP contribution in [0.1, 0.15) is 11.1 Å². The fourth-order valence-corrected chi connectivity index (χ4v) is 3.49. The topological polar surface area (TPSA) is 87.8 Å².